The minimum Gasteiger partial charge on any atom is -0.397 e. The van der Waals surface area contributed by atoms with Crippen molar-refractivity contribution in [3.63, 3.8) is 0 Å². The SMILES string of the molecule is C=CCCCN(C)C(=O)c1ncccc1N. The molecule has 0 fully saturated rings. The van der Waals surface area contributed by atoms with Gasteiger partial charge in [0.15, 0.2) is 5.69 Å². The summed E-state index contributed by atoms with van der Waals surface area (Å²) < 4.78 is 0. The summed E-state index contributed by atoms with van der Waals surface area (Å²) >= 11 is 0. The van der Waals surface area contributed by atoms with Gasteiger partial charge in [0.05, 0.1) is 5.69 Å². The molecular formula is C12H17N3O. The molecule has 1 amide bonds. The largest absolute Gasteiger partial charge is 0.397 e. The lowest BCUT2D eigenvalue weighted by Gasteiger charge is -2.16. The van der Waals surface area contributed by atoms with Crippen LogP contribution in [0.25, 0.3) is 0 Å². The summed E-state index contributed by atoms with van der Waals surface area (Å²) in [4.78, 5) is 17.5. The van der Waals surface area contributed by atoms with Gasteiger partial charge in [-0.25, -0.2) is 4.98 Å². The maximum absolute atomic E-state index is 11.9. The van der Waals surface area contributed by atoms with E-state index in [0.29, 0.717) is 17.9 Å². The maximum atomic E-state index is 11.9. The molecule has 2 N–H and O–H groups in total. The average molecular weight is 219 g/mol. The third-order valence-electron chi connectivity index (χ3n) is 2.29. The lowest BCUT2D eigenvalue weighted by atomic mass is 10.2. The number of unbranched alkanes of at least 4 members (excludes halogenated alkanes) is 1. The highest BCUT2D eigenvalue weighted by Crippen LogP contribution is 2.09. The predicted octanol–water partition coefficient (Wildman–Crippen LogP) is 1.70. The molecule has 4 nitrogen and oxygen atoms in total. The van der Waals surface area contributed by atoms with E-state index >= 15 is 0 Å². The van der Waals surface area contributed by atoms with E-state index in [-0.39, 0.29) is 5.91 Å². The van der Waals surface area contributed by atoms with Gasteiger partial charge in [-0.15, -0.1) is 6.58 Å². The first-order chi connectivity index (χ1) is 7.66. The van der Waals surface area contributed by atoms with E-state index in [1.807, 2.05) is 6.08 Å². The van der Waals surface area contributed by atoms with Crippen LogP contribution >= 0.6 is 0 Å². The summed E-state index contributed by atoms with van der Waals surface area (Å²) in [6, 6.07) is 3.39. The summed E-state index contributed by atoms with van der Waals surface area (Å²) in [6.07, 6.45) is 5.21. The fourth-order valence-corrected chi connectivity index (χ4v) is 1.35. The number of nitrogen functional groups attached to an aromatic ring is 1. The summed E-state index contributed by atoms with van der Waals surface area (Å²) in [5.74, 6) is -0.137. The van der Waals surface area contributed by atoms with Gasteiger partial charge in [0.2, 0.25) is 0 Å². The molecule has 0 atom stereocenters. The van der Waals surface area contributed by atoms with Crippen molar-refractivity contribution in [1.82, 2.24) is 9.88 Å². The number of allylic oxidation sites excluding steroid dienone is 1. The minimum atomic E-state index is -0.137. The Bertz CT molecular complexity index is 376. The van der Waals surface area contributed by atoms with Crippen molar-refractivity contribution in [3.8, 4) is 0 Å². The lowest BCUT2D eigenvalue weighted by molar-refractivity contribution is 0.0789. The van der Waals surface area contributed by atoms with E-state index in [0.717, 1.165) is 12.8 Å². The molecule has 1 aromatic heterocycles. The number of carbonyl (C=O) groups excluding carboxylic acids is 1. The highest BCUT2D eigenvalue weighted by atomic mass is 16.2. The van der Waals surface area contributed by atoms with Crippen molar-refractivity contribution in [2.24, 2.45) is 0 Å². The summed E-state index contributed by atoms with van der Waals surface area (Å²) in [5, 5.41) is 0. The Kier molecular flexibility index (Phi) is 4.51. The number of nitrogens with two attached hydrogens (primary N) is 1. The Balaban J connectivity index is 2.63. The summed E-state index contributed by atoms with van der Waals surface area (Å²) in [5.41, 5.74) is 6.43. The zero-order chi connectivity index (χ0) is 12.0. The summed E-state index contributed by atoms with van der Waals surface area (Å²) in [6.45, 7) is 4.32. The Labute approximate surface area is 95.8 Å². The van der Waals surface area contributed by atoms with E-state index < -0.39 is 0 Å². The number of hydrogen-bond donors (Lipinski definition) is 1. The third-order valence-corrected chi connectivity index (χ3v) is 2.29. The molecule has 0 aliphatic carbocycles. The topological polar surface area (TPSA) is 59.2 Å². The van der Waals surface area contributed by atoms with Gasteiger partial charge in [-0.2, -0.15) is 0 Å². The van der Waals surface area contributed by atoms with Crippen molar-refractivity contribution >= 4 is 11.6 Å². The summed E-state index contributed by atoms with van der Waals surface area (Å²) in [7, 11) is 1.75. The number of rotatable bonds is 5. The molecule has 1 rings (SSSR count). The van der Waals surface area contributed by atoms with E-state index in [1.165, 1.54) is 0 Å². The van der Waals surface area contributed by atoms with Crippen molar-refractivity contribution in [2.45, 2.75) is 12.8 Å². The average Bonchev–Trinajstić information content (AvgIpc) is 2.29. The molecule has 0 aliphatic rings. The number of anilines is 1. The van der Waals surface area contributed by atoms with Gasteiger partial charge >= 0.3 is 0 Å². The molecule has 16 heavy (non-hydrogen) atoms. The molecule has 0 saturated carbocycles. The van der Waals surface area contributed by atoms with Gasteiger partial charge in [-0.3, -0.25) is 4.79 Å². The molecule has 0 radical (unpaired) electrons. The second-order valence-electron chi connectivity index (χ2n) is 3.60. The van der Waals surface area contributed by atoms with E-state index in [1.54, 1.807) is 30.3 Å². The molecule has 0 spiro atoms. The Morgan fingerprint density at radius 2 is 2.44 bits per heavy atom. The van der Waals surface area contributed by atoms with Gasteiger partial charge in [-0.05, 0) is 25.0 Å². The van der Waals surface area contributed by atoms with E-state index in [2.05, 4.69) is 11.6 Å². The predicted molar refractivity (Wildman–Crippen MR) is 65.0 cm³/mol. The fraction of sp³-hybridized carbons (Fsp3) is 0.333. The van der Waals surface area contributed by atoms with Crippen LogP contribution in [0.15, 0.2) is 31.0 Å². The normalized spacial score (nSPS) is 9.81. The van der Waals surface area contributed by atoms with Crippen LogP contribution in [-0.4, -0.2) is 29.4 Å². The highest BCUT2D eigenvalue weighted by Gasteiger charge is 2.14. The third kappa shape index (κ3) is 3.08. The number of hydrogen-bond acceptors (Lipinski definition) is 3. The highest BCUT2D eigenvalue weighted by molar-refractivity contribution is 5.96. The zero-order valence-electron chi connectivity index (χ0n) is 9.52. The number of nitrogens with zero attached hydrogens (tertiary/aromatic N) is 2. The van der Waals surface area contributed by atoms with Gasteiger partial charge in [0.25, 0.3) is 5.91 Å². The standard InChI is InChI=1S/C12H17N3O/c1-3-4-5-9-15(2)12(16)11-10(13)7-6-8-14-11/h3,6-8H,1,4-5,9,13H2,2H3. The van der Waals surface area contributed by atoms with Crippen LogP contribution in [0.3, 0.4) is 0 Å². The van der Waals surface area contributed by atoms with Crippen molar-refractivity contribution in [2.75, 3.05) is 19.3 Å². The second-order valence-corrected chi connectivity index (χ2v) is 3.60. The van der Waals surface area contributed by atoms with E-state index in [9.17, 15) is 4.79 Å². The molecule has 0 bridgehead atoms. The van der Waals surface area contributed by atoms with Crippen LogP contribution in [0.5, 0.6) is 0 Å². The van der Waals surface area contributed by atoms with Crippen LogP contribution in [0.4, 0.5) is 5.69 Å². The van der Waals surface area contributed by atoms with Gasteiger partial charge in [0, 0.05) is 19.8 Å². The Morgan fingerprint density at radius 1 is 1.69 bits per heavy atom. The monoisotopic (exact) mass is 219 g/mol. The molecular weight excluding hydrogens is 202 g/mol. The fourth-order valence-electron chi connectivity index (χ4n) is 1.35. The van der Waals surface area contributed by atoms with Crippen LogP contribution in [-0.2, 0) is 0 Å². The molecule has 0 saturated heterocycles. The van der Waals surface area contributed by atoms with Gasteiger partial charge < -0.3 is 10.6 Å². The van der Waals surface area contributed by atoms with Crippen molar-refractivity contribution in [3.05, 3.63) is 36.7 Å². The maximum Gasteiger partial charge on any atom is 0.274 e. The Hall–Kier alpha value is -1.84. The molecule has 0 unspecified atom stereocenters. The molecule has 86 valence electrons. The van der Waals surface area contributed by atoms with E-state index in [4.69, 9.17) is 5.73 Å². The van der Waals surface area contributed by atoms with Crippen LogP contribution in [0.1, 0.15) is 23.3 Å². The Morgan fingerprint density at radius 3 is 3.06 bits per heavy atom. The van der Waals surface area contributed by atoms with Crippen LogP contribution in [0.2, 0.25) is 0 Å². The number of pyridine rings is 1. The number of amides is 1. The van der Waals surface area contributed by atoms with Crippen molar-refractivity contribution in [1.29, 1.82) is 0 Å². The first-order valence-corrected chi connectivity index (χ1v) is 5.23. The second kappa shape index (κ2) is 5.90. The molecule has 0 aliphatic heterocycles. The van der Waals surface area contributed by atoms with Gasteiger partial charge in [-0.1, -0.05) is 6.08 Å². The van der Waals surface area contributed by atoms with Crippen molar-refractivity contribution < 1.29 is 4.79 Å². The molecule has 1 heterocycles. The van der Waals surface area contributed by atoms with Crippen LogP contribution in [0, 0.1) is 0 Å². The molecule has 4 heteroatoms. The minimum absolute atomic E-state index is 0.137. The molecule has 0 aromatic carbocycles. The zero-order valence-corrected chi connectivity index (χ0v) is 9.52. The quantitative estimate of drug-likeness (QED) is 0.605. The first kappa shape index (κ1) is 12.2. The number of carbonyl (C=O) groups is 1. The van der Waals surface area contributed by atoms with Gasteiger partial charge in [0.1, 0.15) is 0 Å². The van der Waals surface area contributed by atoms with Crippen LogP contribution < -0.4 is 5.73 Å². The lowest BCUT2D eigenvalue weighted by Crippen LogP contribution is -2.29. The molecule has 1 aromatic rings. The first-order valence-electron chi connectivity index (χ1n) is 5.23. The number of aromatic nitrogens is 1. The smallest absolute Gasteiger partial charge is 0.274 e.